The summed E-state index contributed by atoms with van der Waals surface area (Å²) < 4.78 is 5.25. The molecule has 2 N–H and O–H groups in total. The third kappa shape index (κ3) is 5.28. The van der Waals surface area contributed by atoms with Crippen molar-refractivity contribution in [2.45, 2.75) is 32.7 Å². The Hall–Kier alpha value is -2.23. The molecule has 4 heteroatoms. The lowest BCUT2D eigenvalue weighted by molar-refractivity contribution is 0.235. The molecule has 0 aliphatic carbocycles. The maximum atomic E-state index is 12.1. The van der Waals surface area contributed by atoms with Crippen molar-refractivity contribution in [3.05, 3.63) is 60.1 Å². The monoisotopic (exact) mass is 300 g/mol. The van der Waals surface area contributed by atoms with Crippen molar-refractivity contribution >= 4 is 6.03 Å². The summed E-state index contributed by atoms with van der Waals surface area (Å²) in [6.45, 7) is 4.88. The minimum Gasteiger partial charge on any atom is -0.469 e. The highest BCUT2D eigenvalue weighted by Crippen LogP contribution is 2.20. The zero-order valence-electron chi connectivity index (χ0n) is 13.2. The lowest BCUT2D eigenvalue weighted by Gasteiger charge is -2.21. The van der Waals surface area contributed by atoms with Crippen LogP contribution in [0.5, 0.6) is 0 Å². The van der Waals surface area contributed by atoms with Gasteiger partial charge in [-0.25, -0.2) is 4.79 Å². The number of carbonyl (C=O) groups excluding carboxylic acids is 1. The Morgan fingerprint density at radius 3 is 2.55 bits per heavy atom. The van der Waals surface area contributed by atoms with Gasteiger partial charge in [0, 0.05) is 13.0 Å². The van der Waals surface area contributed by atoms with Crippen LogP contribution in [0.15, 0.2) is 53.1 Å². The number of carbonyl (C=O) groups is 1. The van der Waals surface area contributed by atoms with E-state index in [2.05, 4.69) is 36.6 Å². The predicted octanol–water partition coefficient (Wildman–Crippen LogP) is 3.91. The number of hydrogen-bond donors (Lipinski definition) is 2. The minimum absolute atomic E-state index is 0.0322. The fourth-order valence-corrected chi connectivity index (χ4v) is 2.40. The molecule has 0 aliphatic rings. The summed E-state index contributed by atoms with van der Waals surface area (Å²) in [5.74, 6) is 1.38. The Morgan fingerprint density at radius 1 is 1.14 bits per heavy atom. The van der Waals surface area contributed by atoms with Gasteiger partial charge in [0.05, 0.1) is 12.3 Å². The molecule has 2 rings (SSSR count). The molecule has 1 unspecified atom stereocenters. The topological polar surface area (TPSA) is 54.3 Å². The summed E-state index contributed by atoms with van der Waals surface area (Å²) in [6, 6.07) is 13.7. The zero-order chi connectivity index (χ0) is 15.8. The van der Waals surface area contributed by atoms with Crippen molar-refractivity contribution in [3.63, 3.8) is 0 Å². The number of nitrogens with one attached hydrogen (secondary N) is 2. The molecule has 0 radical (unpaired) electrons. The minimum atomic E-state index is -0.138. The lowest BCUT2D eigenvalue weighted by atomic mass is 9.97. The molecule has 118 valence electrons. The molecule has 0 saturated carbocycles. The van der Waals surface area contributed by atoms with E-state index in [9.17, 15) is 4.79 Å². The zero-order valence-corrected chi connectivity index (χ0v) is 13.2. The molecule has 1 aromatic heterocycles. The van der Waals surface area contributed by atoms with E-state index in [0.717, 1.165) is 17.7 Å². The van der Waals surface area contributed by atoms with Crippen LogP contribution in [-0.4, -0.2) is 12.6 Å². The van der Waals surface area contributed by atoms with E-state index in [1.54, 1.807) is 6.26 Å². The molecule has 0 spiro atoms. The van der Waals surface area contributed by atoms with E-state index in [0.29, 0.717) is 18.9 Å². The van der Waals surface area contributed by atoms with Crippen LogP contribution in [0.3, 0.4) is 0 Å². The van der Waals surface area contributed by atoms with Crippen LogP contribution < -0.4 is 10.6 Å². The Labute approximate surface area is 131 Å². The highest BCUT2D eigenvalue weighted by Gasteiger charge is 2.15. The smallest absolute Gasteiger partial charge is 0.315 e. The first-order chi connectivity index (χ1) is 10.6. The fourth-order valence-electron chi connectivity index (χ4n) is 2.40. The standard InChI is InChI=1S/C18H24N2O2/c1-14(2)13-17(15-7-4-3-5-8-15)20-18(21)19-11-10-16-9-6-12-22-16/h3-9,12,14,17H,10-11,13H2,1-2H3,(H2,19,20,21). The van der Waals surface area contributed by atoms with Gasteiger partial charge in [-0.05, 0) is 30.0 Å². The van der Waals surface area contributed by atoms with E-state index >= 15 is 0 Å². The van der Waals surface area contributed by atoms with Crippen LogP contribution in [-0.2, 0) is 6.42 Å². The second-order valence-corrected chi connectivity index (χ2v) is 5.82. The number of urea groups is 1. The number of rotatable bonds is 7. The maximum Gasteiger partial charge on any atom is 0.315 e. The fraction of sp³-hybridized carbons (Fsp3) is 0.389. The van der Waals surface area contributed by atoms with Gasteiger partial charge in [-0.15, -0.1) is 0 Å². The third-order valence-corrected chi connectivity index (χ3v) is 3.45. The number of furan rings is 1. The molecule has 1 heterocycles. The van der Waals surface area contributed by atoms with Crippen LogP contribution in [0.4, 0.5) is 4.79 Å². The molecule has 4 nitrogen and oxygen atoms in total. The van der Waals surface area contributed by atoms with Crippen LogP contribution in [0.2, 0.25) is 0 Å². The van der Waals surface area contributed by atoms with Gasteiger partial charge < -0.3 is 15.1 Å². The molecule has 0 aliphatic heterocycles. The average molecular weight is 300 g/mol. The number of amides is 2. The second kappa shape index (κ2) is 8.27. The maximum absolute atomic E-state index is 12.1. The Morgan fingerprint density at radius 2 is 1.91 bits per heavy atom. The van der Waals surface area contributed by atoms with Crippen LogP contribution >= 0.6 is 0 Å². The summed E-state index contributed by atoms with van der Waals surface area (Å²) in [5.41, 5.74) is 1.14. The van der Waals surface area contributed by atoms with E-state index in [1.165, 1.54) is 0 Å². The first-order valence-electron chi connectivity index (χ1n) is 7.77. The molecule has 2 aromatic rings. The van der Waals surface area contributed by atoms with Crippen LogP contribution in [0, 0.1) is 5.92 Å². The molecule has 1 aromatic carbocycles. The van der Waals surface area contributed by atoms with Gasteiger partial charge in [0.15, 0.2) is 0 Å². The first kappa shape index (κ1) is 16.1. The molecule has 2 amide bonds. The second-order valence-electron chi connectivity index (χ2n) is 5.82. The largest absolute Gasteiger partial charge is 0.469 e. The summed E-state index contributed by atoms with van der Waals surface area (Å²) >= 11 is 0. The summed E-state index contributed by atoms with van der Waals surface area (Å²) in [5, 5.41) is 5.95. The molecule has 0 saturated heterocycles. The highest BCUT2D eigenvalue weighted by molar-refractivity contribution is 5.74. The Kier molecular flexibility index (Phi) is 6.07. The summed E-state index contributed by atoms with van der Waals surface area (Å²) in [4.78, 5) is 12.1. The highest BCUT2D eigenvalue weighted by atomic mass is 16.3. The van der Waals surface area contributed by atoms with Crippen LogP contribution in [0.1, 0.15) is 37.6 Å². The van der Waals surface area contributed by atoms with Gasteiger partial charge >= 0.3 is 6.03 Å². The first-order valence-corrected chi connectivity index (χ1v) is 7.77. The van der Waals surface area contributed by atoms with Crippen molar-refractivity contribution in [1.82, 2.24) is 10.6 Å². The Balaban J connectivity index is 1.85. The molecule has 0 bridgehead atoms. The van der Waals surface area contributed by atoms with Gasteiger partial charge in [-0.3, -0.25) is 0 Å². The van der Waals surface area contributed by atoms with Crippen molar-refractivity contribution < 1.29 is 9.21 Å². The van der Waals surface area contributed by atoms with Gasteiger partial charge in [0.1, 0.15) is 5.76 Å². The van der Waals surface area contributed by atoms with Gasteiger partial charge in [0.2, 0.25) is 0 Å². The van der Waals surface area contributed by atoms with Gasteiger partial charge in [0.25, 0.3) is 0 Å². The number of benzene rings is 1. The van der Waals surface area contributed by atoms with E-state index in [-0.39, 0.29) is 12.1 Å². The van der Waals surface area contributed by atoms with E-state index < -0.39 is 0 Å². The molecule has 0 fully saturated rings. The van der Waals surface area contributed by atoms with Gasteiger partial charge in [-0.2, -0.15) is 0 Å². The van der Waals surface area contributed by atoms with Crippen molar-refractivity contribution in [3.8, 4) is 0 Å². The normalized spacial score (nSPS) is 12.1. The SMILES string of the molecule is CC(C)CC(NC(=O)NCCc1ccco1)c1ccccc1. The average Bonchev–Trinajstić information content (AvgIpc) is 3.00. The molecule has 1 atom stereocenters. The third-order valence-electron chi connectivity index (χ3n) is 3.45. The van der Waals surface area contributed by atoms with Crippen molar-refractivity contribution in [2.24, 2.45) is 5.92 Å². The molecular weight excluding hydrogens is 276 g/mol. The van der Waals surface area contributed by atoms with Crippen molar-refractivity contribution in [1.29, 1.82) is 0 Å². The van der Waals surface area contributed by atoms with E-state index in [1.807, 2.05) is 30.3 Å². The van der Waals surface area contributed by atoms with Crippen LogP contribution in [0.25, 0.3) is 0 Å². The molecule has 22 heavy (non-hydrogen) atoms. The number of hydrogen-bond acceptors (Lipinski definition) is 2. The summed E-state index contributed by atoms with van der Waals surface area (Å²) in [7, 11) is 0. The quantitative estimate of drug-likeness (QED) is 0.814. The predicted molar refractivity (Wildman–Crippen MR) is 87.6 cm³/mol. The lowest BCUT2D eigenvalue weighted by Crippen LogP contribution is -2.39. The Bertz CT molecular complexity index is 550. The van der Waals surface area contributed by atoms with E-state index in [4.69, 9.17) is 4.42 Å². The summed E-state index contributed by atoms with van der Waals surface area (Å²) in [6.07, 6.45) is 3.25. The van der Waals surface area contributed by atoms with Gasteiger partial charge in [-0.1, -0.05) is 44.2 Å². The van der Waals surface area contributed by atoms with Crippen molar-refractivity contribution in [2.75, 3.05) is 6.54 Å². The molecular formula is C18H24N2O2.